The Labute approximate surface area is 264 Å². The van der Waals surface area contributed by atoms with Crippen LogP contribution >= 0.6 is 11.6 Å². The van der Waals surface area contributed by atoms with Gasteiger partial charge in [-0.25, -0.2) is 9.07 Å². The average Bonchev–Trinajstić information content (AvgIpc) is 3.93. The first-order valence-electron chi connectivity index (χ1n) is 16.5. The highest BCUT2D eigenvalue weighted by Gasteiger charge is 2.69. The molecule has 13 heteroatoms. The van der Waals surface area contributed by atoms with Crippen LogP contribution in [0.2, 0.25) is 0 Å². The van der Waals surface area contributed by atoms with E-state index in [1.165, 1.54) is 4.68 Å². The molecule has 1 aromatic heterocycles. The second-order valence-electron chi connectivity index (χ2n) is 14.5. The van der Waals surface area contributed by atoms with Crippen LogP contribution in [-0.4, -0.2) is 80.6 Å². The summed E-state index contributed by atoms with van der Waals surface area (Å²) in [5, 5.41) is 13.3. The summed E-state index contributed by atoms with van der Waals surface area (Å²) in [6.07, 6.45) is -1.71. The molecule has 4 saturated carbocycles. The summed E-state index contributed by atoms with van der Waals surface area (Å²) in [6, 6.07) is 0. The van der Waals surface area contributed by atoms with Crippen molar-refractivity contribution in [3.05, 3.63) is 17.0 Å². The number of alkyl halides is 5. The summed E-state index contributed by atoms with van der Waals surface area (Å²) in [4.78, 5) is 41.6. The Kier molecular flexibility index (Phi) is 7.81. The average molecular weight is 658 g/mol. The molecule has 1 aliphatic heterocycles. The van der Waals surface area contributed by atoms with Gasteiger partial charge in [-0.1, -0.05) is 6.42 Å². The lowest BCUT2D eigenvalue weighted by atomic mass is 9.69. The fourth-order valence-electron chi connectivity index (χ4n) is 8.94. The van der Waals surface area contributed by atoms with Gasteiger partial charge in [-0.3, -0.25) is 14.4 Å². The lowest BCUT2D eigenvalue weighted by molar-refractivity contribution is -0.209. The molecule has 7 atom stereocenters. The quantitative estimate of drug-likeness (QED) is 0.323. The molecule has 0 bridgehead atoms. The highest BCUT2D eigenvalue weighted by molar-refractivity contribution is 6.22. The minimum absolute atomic E-state index is 0.0367. The molecule has 1 N–H and O–H groups in total. The summed E-state index contributed by atoms with van der Waals surface area (Å²) in [5.74, 6) is -5.78. The van der Waals surface area contributed by atoms with Crippen molar-refractivity contribution in [3.63, 3.8) is 0 Å². The lowest BCUT2D eigenvalue weighted by Gasteiger charge is -2.40. The van der Waals surface area contributed by atoms with Crippen molar-refractivity contribution in [2.24, 2.45) is 29.1 Å². The summed E-state index contributed by atoms with van der Waals surface area (Å²) in [6.45, 7) is 1.45. The maximum absolute atomic E-state index is 15.6. The minimum atomic E-state index is -4.46. The molecule has 5 fully saturated rings. The van der Waals surface area contributed by atoms with Gasteiger partial charge in [-0.2, -0.15) is 18.3 Å². The molecular formula is C32H40ClF4N3O5. The first-order valence-corrected chi connectivity index (χ1v) is 16.9. The number of carbonyl (C=O) groups is 3. The number of carbonyl (C=O) groups excluding carboxylic acids is 2. The molecule has 1 amide bonds. The second-order valence-corrected chi connectivity index (χ2v) is 15.1. The maximum atomic E-state index is 15.6. The van der Waals surface area contributed by atoms with E-state index in [-0.39, 0.29) is 56.5 Å². The molecule has 1 aromatic rings. The topological polar surface area (TPSA) is 102 Å². The van der Waals surface area contributed by atoms with E-state index in [1.54, 1.807) is 0 Å². The van der Waals surface area contributed by atoms with Crippen LogP contribution < -0.4 is 0 Å². The van der Waals surface area contributed by atoms with Crippen LogP contribution in [-0.2, 0) is 27.2 Å². The standard InChI is InChI=1S/C32H40ClF4N3O5/c33-22-3-1-2-21(31(10-11-31)32(35,36)37)25(22)28(42)40-24-15-17(27(41)39-12-13-45-30(16-39)8-9-30)4-7-20(24)26(38-40)19-6-5-18(29(43)44)14-23(19)34/h17-19,21-23,25H,1-16H2,(H,43,44). The van der Waals surface area contributed by atoms with Crippen molar-refractivity contribution in [1.82, 2.24) is 14.7 Å². The third kappa shape index (κ3) is 5.39. The summed E-state index contributed by atoms with van der Waals surface area (Å²) < 4.78 is 65.8. The van der Waals surface area contributed by atoms with Crippen molar-refractivity contribution in [1.29, 1.82) is 0 Å². The largest absolute Gasteiger partial charge is 0.481 e. The predicted octanol–water partition coefficient (Wildman–Crippen LogP) is 5.69. The number of amides is 1. The summed E-state index contributed by atoms with van der Waals surface area (Å²) in [7, 11) is 0. The van der Waals surface area contributed by atoms with E-state index in [0.29, 0.717) is 62.3 Å². The smallest absolute Gasteiger partial charge is 0.394 e. The normalized spacial score (nSPS) is 35.5. The van der Waals surface area contributed by atoms with Crippen molar-refractivity contribution in [2.45, 2.75) is 113 Å². The van der Waals surface area contributed by atoms with Crippen molar-refractivity contribution < 1.29 is 41.8 Å². The lowest BCUT2D eigenvalue weighted by Crippen LogP contribution is -2.50. The van der Waals surface area contributed by atoms with Crippen molar-refractivity contribution in [2.75, 3.05) is 19.7 Å². The zero-order chi connectivity index (χ0) is 31.9. The van der Waals surface area contributed by atoms with Gasteiger partial charge in [0.1, 0.15) is 6.17 Å². The maximum Gasteiger partial charge on any atom is 0.394 e. The second kappa shape index (κ2) is 11.2. The molecule has 5 aliphatic carbocycles. The van der Waals surface area contributed by atoms with Crippen LogP contribution in [0, 0.1) is 29.1 Å². The minimum Gasteiger partial charge on any atom is -0.481 e. The molecule has 6 aliphatic rings. The number of fused-ring (bicyclic) bond motifs is 1. The van der Waals surface area contributed by atoms with Gasteiger partial charge in [-0.15, -0.1) is 11.6 Å². The van der Waals surface area contributed by atoms with E-state index >= 15 is 4.39 Å². The Balaban J connectivity index is 1.23. The van der Waals surface area contributed by atoms with E-state index in [2.05, 4.69) is 5.10 Å². The Morgan fingerprint density at radius 3 is 2.40 bits per heavy atom. The molecule has 45 heavy (non-hydrogen) atoms. The van der Waals surface area contributed by atoms with Crippen molar-refractivity contribution >= 4 is 29.4 Å². The molecule has 1 spiro atoms. The van der Waals surface area contributed by atoms with Crippen LogP contribution in [0.1, 0.15) is 98.3 Å². The van der Waals surface area contributed by atoms with Crippen LogP contribution in [0.4, 0.5) is 17.6 Å². The molecule has 1 saturated heterocycles. The van der Waals surface area contributed by atoms with Gasteiger partial charge < -0.3 is 14.7 Å². The van der Waals surface area contributed by atoms with Gasteiger partial charge in [0, 0.05) is 36.7 Å². The van der Waals surface area contributed by atoms with Gasteiger partial charge in [-0.05, 0) is 82.1 Å². The van der Waals surface area contributed by atoms with E-state index in [9.17, 15) is 32.7 Å². The van der Waals surface area contributed by atoms with Crippen molar-refractivity contribution in [3.8, 4) is 0 Å². The molecule has 2 heterocycles. The molecule has 0 radical (unpaired) electrons. The third-order valence-electron chi connectivity index (χ3n) is 11.9. The van der Waals surface area contributed by atoms with Gasteiger partial charge in [0.05, 0.1) is 40.8 Å². The molecule has 248 valence electrons. The fourth-order valence-corrected chi connectivity index (χ4v) is 9.38. The number of halogens is 5. The van der Waals surface area contributed by atoms with Gasteiger partial charge in [0.25, 0.3) is 5.91 Å². The van der Waals surface area contributed by atoms with Crippen LogP contribution in [0.25, 0.3) is 0 Å². The number of aromatic nitrogens is 2. The van der Waals surface area contributed by atoms with E-state index in [4.69, 9.17) is 16.3 Å². The highest BCUT2D eigenvalue weighted by atomic mass is 35.5. The first-order chi connectivity index (χ1) is 21.3. The number of rotatable bonds is 5. The zero-order valence-electron chi connectivity index (χ0n) is 25.2. The molecule has 8 nitrogen and oxygen atoms in total. The molecule has 7 rings (SSSR count). The SMILES string of the molecule is O=C(O)C1CCC(c2nn(C(=O)C3C(Cl)CCCC3C3(C(F)(F)F)CC3)c3c2CCC(C(=O)N2CCOC4(CC4)C2)C3)C(F)C1. The summed E-state index contributed by atoms with van der Waals surface area (Å²) >= 11 is 6.71. The number of hydrogen-bond acceptors (Lipinski definition) is 5. The van der Waals surface area contributed by atoms with Gasteiger partial charge >= 0.3 is 12.1 Å². The summed E-state index contributed by atoms with van der Waals surface area (Å²) in [5.41, 5.74) is -0.688. The first kappa shape index (κ1) is 31.4. The van der Waals surface area contributed by atoms with E-state index in [0.717, 1.165) is 12.8 Å². The molecular weight excluding hydrogens is 618 g/mol. The van der Waals surface area contributed by atoms with Gasteiger partial charge in [0.15, 0.2) is 0 Å². The Morgan fingerprint density at radius 2 is 1.76 bits per heavy atom. The Bertz CT molecular complexity index is 1370. The van der Waals surface area contributed by atoms with Crippen LogP contribution in [0.3, 0.4) is 0 Å². The van der Waals surface area contributed by atoms with Crippen LogP contribution in [0.15, 0.2) is 0 Å². The molecule has 0 aromatic carbocycles. The number of nitrogens with zero attached hydrogens (tertiary/aromatic N) is 3. The third-order valence-corrected chi connectivity index (χ3v) is 12.4. The number of aliphatic carboxylic acids is 1. The fraction of sp³-hybridized carbons (Fsp3) is 0.812. The monoisotopic (exact) mass is 657 g/mol. The number of hydrogen-bond donors (Lipinski definition) is 1. The van der Waals surface area contributed by atoms with E-state index in [1.807, 2.05) is 4.90 Å². The Hall–Kier alpha value is -2.21. The number of carboxylic acids is 1. The van der Waals surface area contributed by atoms with E-state index < -0.39 is 64.6 Å². The predicted molar refractivity (Wildman–Crippen MR) is 154 cm³/mol. The highest BCUT2D eigenvalue weighted by Crippen LogP contribution is 2.66. The van der Waals surface area contributed by atoms with Crippen LogP contribution in [0.5, 0.6) is 0 Å². The number of ether oxygens (including phenoxy) is 1. The Morgan fingerprint density at radius 1 is 1.00 bits per heavy atom. The zero-order valence-corrected chi connectivity index (χ0v) is 25.9. The molecule has 7 unspecified atom stereocenters. The number of carboxylic acid groups (broad SMARTS) is 1. The van der Waals surface area contributed by atoms with Gasteiger partial charge in [0.2, 0.25) is 5.91 Å². The number of morpholine rings is 1.